The summed E-state index contributed by atoms with van der Waals surface area (Å²) in [6.45, 7) is 0. The van der Waals surface area contributed by atoms with Crippen LogP contribution in [0, 0.1) is 29.1 Å². The van der Waals surface area contributed by atoms with Gasteiger partial charge in [-0.05, 0) is 40.8 Å². The van der Waals surface area contributed by atoms with Crippen LogP contribution in [0.15, 0.2) is 47.5 Å². The smallest absolute Gasteiger partial charge is 0.200 e. The van der Waals surface area contributed by atoms with Crippen molar-refractivity contribution in [1.82, 2.24) is 0 Å². The minimum atomic E-state index is -2.19. The molecule has 130 valence electrons. The second kappa shape index (κ2) is 6.05. The molecule has 0 heterocycles. The molecular formula is C20H10F5N. The molecule has 0 aromatic heterocycles. The van der Waals surface area contributed by atoms with Gasteiger partial charge < -0.3 is 0 Å². The lowest BCUT2D eigenvalue weighted by Crippen LogP contribution is -2.06. The van der Waals surface area contributed by atoms with Gasteiger partial charge >= 0.3 is 0 Å². The molecule has 3 aromatic rings. The predicted molar refractivity (Wildman–Crippen MR) is 88.2 cm³/mol. The van der Waals surface area contributed by atoms with Gasteiger partial charge in [-0.15, -0.1) is 0 Å². The van der Waals surface area contributed by atoms with Gasteiger partial charge in [-0.2, -0.15) is 0 Å². The van der Waals surface area contributed by atoms with Gasteiger partial charge in [0.1, 0.15) is 0 Å². The summed E-state index contributed by atoms with van der Waals surface area (Å²) in [6, 6.07) is 13.0. The van der Waals surface area contributed by atoms with Gasteiger partial charge in [-0.3, -0.25) is 4.99 Å². The quantitative estimate of drug-likeness (QED) is 0.188. The fourth-order valence-electron chi connectivity index (χ4n) is 3.07. The van der Waals surface area contributed by atoms with Crippen LogP contribution < -0.4 is 0 Å². The van der Waals surface area contributed by atoms with Crippen LogP contribution in [-0.2, 0) is 6.42 Å². The van der Waals surface area contributed by atoms with Crippen molar-refractivity contribution in [2.75, 3.05) is 0 Å². The predicted octanol–water partition coefficient (Wildman–Crippen LogP) is 5.70. The van der Waals surface area contributed by atoms with Crippen molar-refractivity contribution >= 4 is 11.9 Å². The molecule has 6 heteroatoms. The summed E-state index contributed by atoms with van der Waals surface area (Å²) in [5.74, 6) is -9.99. The lowest BCUT2D eigenvalue weighted by atomic mass is 10.1. The minimum absolute atomic E-state index is 0.351. The minimum Gasteiger partial charge on any atom is -0.256 e. The van der Waals surface area contributed by atoms with E-state index in [9.17, 15) is 22.0 Å². The monoisotopic (exact) mass is 359 g/mol. The van der Waals surface area contributed by atoms with Crippen LogP contribution in [-0.4, -0.2) is 6.21 Å². The van der Waals surface area contributed by atoms with Gasteiger partial charge in [0.15, 0.2) is 23.3 Å². The van der Waals surface area contributed by atoms with Crippen molar-refractivity contribution in [3.8, 4) is 11.1 Å². The average molecular weight is 359 g/mol. The van der Waals surface area contributed by atoms with Crippen molar-refractivity contribution in [2.45, 2.75) is 6.42 Å². The maximum Gasteiger partial charge on any atom is 0.200 e. The highest BCUT2D eigenvalue weighted by atomic mass is 19.2. The molecule has 0 aliphatic heterocycles. The van der Waals surface area contributed by atoms with Crippen LogP contribution in [0.3, 0.4) is 0 Å². The molecule has 0 saturated carbocycles. The zero-order valence-electron chi connectivity index (χ0n) is 13.2. The highest BCUT2D eigenvalue weighted by Gasteiger charge is 2.24. The van der Waals surface area contributed by atoms with E-state index in [1.54, 1.807) is 12.1 Å². The van der Waals surface area contributed by atoms with Crippen molar-refractivity contribution in [1.29, 1.82) is 0 Å². The van der Waals surface area contributed by atoms with Crippen LogP contribution >= 0.6 is 0 Å². The van der Waals surface area contributed by atoms with E-state index >= 15 is 0 Å². The van der Waals surface area contributed by atoms with Gasteiger partial charge in [0, 0.05) is 6.21 Å². The van der Waals surface area contributed by atoms with E-state index in [0.717, 1.165) is 28.7 Å². The Morgan fingerprint density at radius 2 is 1.31 bits per heavy atom. The van der Waals surface area contributed by atoms with Crippen molar-refractivity contribution in [3.63, 3.8) is 0 Å². The third kappa shape index (κ3) is 2.49. The first-order valence-corrected chi connectivity index (χ1v) is 7.74. The summed E-state index contributed by atoms with van der Waals surface area (Å²) in [6.07, 6.45) is 1.42. The summed E-state index contributed by atoms with van der Waals surface area (Å²) in [5.41, 5.74) is 3.50. The molecule has 0 amide bonds. The van der Waals surface area contributed by atoms with Crippen LogP contribution in [0.25, 0.3) is 11.1 Å². The number of benzene rings is 3. The van der Waals surface area contributed by atoms with Crippen LogP contribution in [0.5, 0.6) is 0 Å². The number of fused-ring (bicyclic) bond motifs is 3. The third-order valence-corrected chi connectivity index (χ3v) is 4.37. The summed E-state index contributed by atoms with van der Waals surface area (Å²) in [7, 11) is 0. The lowest BCUT2D eigenvalue weighted by Gasteiger charge is -2.05. The molecule has 1 aliphatic rings. The molecule has 1 nitrogen and oxygen atoms in total. The van der Waals surface area contributed by atoms with Gasteiger partial charge in [0.2, 0.25) is 5.82 Å². The molecule has 0 fully saturated rings. The second-order valence-electron chi connectivity index (χ2n) is 5.92. The van der Waals surface area contributed by atoms with Crippen molar-refractivity contribution in [2.24, 2.45) is 4.99 Å². The Bertz CT molecular complexity index is 1040. The summed E-state index contributed by atoms with van der Waals surface area (Å²) < 4.78 is 67.0. The zero-order valence-corrected chi connectivity index (χ0v) is 13.2. The fourth-order valence-corrected chi connectivity index (χ4v) is 3.07. The average Bonchev–Trinajstić information content (AvgIpc) is 3.03. The molecule has 0 saturated heterocycles. The highest BCUT2D eigenvalue weighted by molar-refractivity contribution is 5.84. The molecule has 0 N–H and O–H groups in total. The second-order valence-corrected chi connectivity index (χ2v) is 5.92. The fraction of sp³-hybridized carbons (Fsp3) is 0.0500. The van der Waals surface area contributed by atoms with E-state index in [0.29, 0.717) is 11.9 Å². The maximum absolute atomic E-state index is 13.7. The molecule has 1 aliphatic carbocycles. The number of halogens is 5. The standard InChI is InChI=1S/C20H10F5N/c21-16-15(17(22)19(24)20(25)18(16)23)9-26-12-6-5-11-7-10-3-1-2-4-13(10)14(11)8-12/h1-6,8-9H,7H2. The van der Waals surface area contributed by atoms with Gasteiger partial charge in [-0.1, -0.05) is 30.3 Å². The largest absolute Gasteiger partial charge is 0.256 e. The Labute approximate surface area is 145 Å². The molecule has 0 unspecified atom stereocenters. The van der Waals surface area contributed by atoms with E-state index in [2.05, 4.69) is 4.99 Å². The Morgan fingerprint density at radius 1 is 0.692 bits per heavy atom. The van der Waals surface area contributed by atoms with Crippen molar-refractivity contribution in [3.05, 3.63) is 88.2 Å². The molecule has 26 heavy (non-hydrogen) atoms. The number of rotatable bonds is 2. The van der Waals surface area contributed by atoms with Gasteiger partial charge in [0.25, 0.3) is 0 Å². The molecule has 0 bridgehead atoms. The molecule has 4 rings (SSSR count). The summed E-state index contributed by atoms with van der Waals surface area (Å²) in [5, 5.41) is 0. The Morgan fingerprint density at radius 3 is 2.04 bits per heavy atom. The molecule has 0 atom stereocenters. The maximum atomic E-state index is 13.7. The Balaban J connectivity index is 1.75. The zero-order chi connectivity index (χ0) is 18.4. The first kappa shape index (κ1) is 16.4. The van der Waals surface area contributed by atoms with Crippen molar-refractivity contribution < 1.29 is 22.0 Å². The number of nitrogens with zero attached hydrogens (tertiary/aromatic N) is 1. The number of hydrogen-bond donors (Lipinski definition) is 0. The first-order chi connectivity index (χ1) is 12.5. The van der Waals surface area contributed by atoms with E-state index in [-0.39, 0.29) is 0 Å². The molecule has 0 radical (unpaired) electrons. The number of aliphatic imine (C=N–C) groups is 1. The topological polar surface area (TPSA) is 12.4 Å². The molecule has 3 aromatic carbocycles. The van der Waals surface area contributed by atoms with E-state index in [1.807, 2.05) is 30.3 Å². The highest BCUT2D eigenvalue weighted by Crippen LogP contribution is 2.38. The van der Waals surface area contributed by atoms with Gasteiger partial charge in [0.05, 0.1) is 11.3 Å². The third-order valence-electron chi connectivity index (χ3n) is 4.37. The molecular weight excluding hydrogens is 349 g/mol. The van der Waals surface area contributed by atoms with E-state index in [1.165, 1.54) is 0 Å². The SMILES string of the molecule is Fc1c(F)c(F)c(C=Nc2ccc3c(c2)-c2ccccc2C3)c(F)c1F. The Hall–Kier alpha value is -3.02. The molecule has 0 spiro atoms. The summed E-state index contributed by atoms with van der Waals surface area (Å²) in [4.78, 5) is 3.90. The van der Waals surface area contributed by atoms with Crippen LogP contribution in [0.1, 0.15) is 16.7 Å². The van der Waals surface area contributed by atoms with E-state index < -0.39 is 34.6 Å². The van der Waals surface area contributed by atoms with Crippen LogP contribution in [0.4, 0.5) is 27.6 Å². The normalized spacial score (nSPS) is 12.5. The lowest BCUT2D eigenvalue weighted by molar-refractivity contribution is 0.377. The van der Waals surface area contributed by atoms with Crippen LogP contribution in [0.2, 0.25) is 0 Å². The Kier molecular flexibility index (Phi) is 3.83. The number of hydrogen-bond acceptors (Lipinski definition) is 1. The summed E-state index contributed by atoms with van der Waals surface area (Å²) >= 11 is 0. The first-order valence-electron chi connectivity index (χ1n) is 7.74. The van der Waals surface area contributed by atoms with Gasteiger partial charge in [-0.25, -0.2) is 22.0 Å². The van der Waals surface area contributed by atoms with E-state index in [4.69, 9.17) is 0 Å².